The molecule has 21 heavy (non-hydrogen) atoms. The van der Waals surface area contributed by atoms with Crippen molar-refractivity contribution in [3.05, 3.63) is 0 Å². The van der Waals surface area contributed by atoms with Gasteiger partial charge in [0.25, 0.3) is 0 Å². The number of hydrogen-bond acceptors (Lipinski definition) is 5. The Labute approximate surface area is 127 Å². The molecule has 6 heteroatoms. The van der Waals surface area contributed by atoms with Gasteiger partial charge in [-0.1, -0.05) is 6.92 Å². The molecule has 0 aromatic heterocycles. The number of alkyl carbamates (subject to hydrolysis) is 1. The zero-order chi connectivity index (χ0) is 16.0. The summed E-state index contributed by atoms with van der Waals surface area (Å²) in [6.07, 6.45) is 1.63. The first-order valence-corrected chi connectivity index (χ1v) is 7.51. The fourth-order valence-electron chi connectivity index (χ4n) is 2.27. The second-order valence-corrected chi connectivity index (χ2v) is 6.71. The largest absolute Gasteiger partial charge is 0.467 e. The first kappa shape index (κ1) is 17.8. The lowest BCUT2D eigenvalue weighted by molar-refractivity contribution is -0.143. The van der Waals surface area contributed by atoms with Gasteiger partial charge < -0.3 is 19.7 Å². The zero-order valence-corrected chi connectivity index (χ0v) is 13.8. The van der Waals surface area contributed by atoms with Gasteiger partial charge in [-0.15, -0.1) is 0 Å². The minimum Gasteiger partial charge on any atom is -0.467 e. The van der Waals surface area contributed by atoms with Gasteiger partial charge in [0, 0.05) is 6.54 Å². The second kappa shape index (κ2) is 7.64. The standard InChI is InChI=1S/C15H28N2O4/c1-11-6-8-17(9-7-11)10-12(13(18)20-5)16-14(19)21-15(2,3)4/h11-12H,6-10H2,1-5H3,(H,16,19)/t12-/m0/s1. The Morgan fingerprint density at radius 2 is 1.86 bits per heavy atom. The number of nitrogens with zero attached hydrogens (tertiary/aromatic N) is 1. The van der Waals surface area contributed by atoms with Crippen molar-refractivity contribution >= 4 is 12.1 Å². The molecule has 0 unspecified atom stereocenters. The van der Waals surface area contributed by atoms with Gasteiger partial charge in [0.05, 0.1) is 7.11 Å². The van der Waals surface area contributed by atoms with Crippen molar-refractivity contribution in [3.8, 4) is 0 Å². The molecule has 1 amide bonds. The van der Waals surface area contributed by atoms with E-state index in [1.165, 1.54) is 7.11 Å². The molecule has 1 atom stereocenters. The smallest absolute Gasteiger partial charge is 0.408 e. The van der Waals surface area contributed by atoms with Gasteiger partial charge in [-0.05, 0) is 52.6 Å². The predicted octanol–water partition coefficient (Wildman–Crippen LogP) is 1.78. The van der Waals surface area contributed by atoms with Gasteiger partial charge in [0.1, 0.15) is 11.6 Å². The molecule has 1 aliphatic rings. The van der Waals surface area contributed by atoms with Crippen LogP contribution in [-0.4, -0.2) is 55.3 Å². The van der Waals surface area contributed by atoms with Crippen molar-refractivity contribution in [1.29, 1.82) is 0 Å². The molecule has 1 saturated heterocycles. The van der Waals surface area contributed by atoms with Crippen LogP contribution in [0.3, 0.4) is 0 Å². The van der Waals surface area contributed by atoms with E-state index in [1.807, 2.05) is 0 Å². The SMILES string of the molecule is COC(=O)[C@H](CN1CCC(C)CC1)NC(=O)OC(C)(C)C. The highest BCUT2D eigenvalue weighted by atomic mass is 16.6. The quantitative estimate of drug-likeness (QED) is 0.802. The summed E-state index contributed by atoms with van der Waals surface area (Å²) in [5.41, 5.74) is -0.592. The number of carbonyl (C=O) groups excluding carboxylic acids is 2. The van der Waals surface area contributed by atoms with Crippen molar-refractivity contribution in [1.82, 2.24) is 10.2 Å². The molecule has 0 aromatic rings. The van der Waals surface area contributed by atoms with Crippen LogP contribution < -0.4 is 5.32 Å². The summed E-state index contributed by atoms with van der Waals surface area (Å²) in [5, 5.41) is 2.61. The van der Waals surface area contributed by atoms with E-state index in [0.29, 0.717) is 6.54 Å². The van der Waals surface area contributed by atoms with Crippen LogP contribution in [0.15, 0.2) is 0 Å². The van der Waals surface area contributed by atoms with E-state index in [1.54, 1.807) is 20.8 Å². The van der Waals surface area contributed by atoms with Crippen LogP contribution in [-0.2, 0) is 14.3 Å². The Morgan fingerprint density at radius 3 is 2.33 bits per heavy atom. The van der Waals surface area contributed by atoms with Gasteiger partial charge >= 0.3 is 12.1 Å². The molecule has 1 fully saturated rings. The number of piperidine rings is 1. The number of amides is 1. The third-order valence-electron chi connectivity index (χ3n) is 3.49. The van der Waals surface area contributed by atoms with Gasteiger partial charge in [-0.3, -0.25) is 0 Å². The van der Waals surface area contributed by atoms with Crippen LogP contribution in [0, 0.1) is 5.92 Å². The Bertz CT molecular complexity index is 357. The number of esters is 1. The van der Waals surface area contributed by atoms with Crippen molar-refractivity contribution in [2.24, 2.45) is 5.92 Å². The fraction of sp³-hybridized carbons (Fsp3) is 0.867. The highest BCUT2D eigenvalue weighted by Gasteiger charge is 2.28. The van der Waals surface area contributed by atoms with Crippen molar-refractivity contribution in [2.75, 3.05) is 26.7 Å². The van der Waals surface area contributed by atoms with E-state index in [0.717, 1.165) is 31.8 Å². The van der Waals surface area contributed by atoms with E-state index in [9.17, 15) is 9.59 Å². The maximum atomic E-state index is 11.8. The second-order valence-electron chi connectivity index (χ2n) is 6.71. The van der Waals surface area contributed by atoms with E-state index in [4.69, 9.17) is 9.47 Å². The van der Waals surface area contributed by atoms with E-state index in [-0.39, 0.29) is 0 Å². The summed E-state index contributed by atoms with van der Waals surface area (Å²) in [7, 11) is 1.32. The van der Waals surface area contributed by atoms with Crippen LogP contribution in [0.25, 0.3) is 0 Å². The van der Waals surface area contributed by atoms with Gasteiger partial charge in [0.2, 0.25) is 0 Å². The molecular weight excluding hydrogens is 272 g/mol. The molecular formula is C15H28N2O4. The maximum Gasteiger partial charge on any atom is 0.408 e. The molecule has 0 aliphatic carbocycles. The molecule has 0 bridgehead atoms. The molecule has 1 N–H and O–H groups in total. The summed E-state index contributed by atoms with van der Waals surface area (Å²) in [6.45, 7) is 9.91. The molecule has 1 aliphatic heterocycles. The Hall–Kier alpha value is -1.30. The van der Waals surface area contributed by atoms with Crippen molar-refractivity contribution in [2.45, 2.75) is 52.2 Å². The number of nitrogens with one attached hydrogen (secondary N) is 1. The summed E-state index contributed by atoms with van der Waals surface area (Å²) in [6, 6.07) is -0.696. The normalized spacial score (nSPS) is 18.9. The van der Waals surface area contributed by atoms with Crippen LogP contribution in [0.5, 0.6) is 0 Å². The van der Waals surface area contributed by atoms with E-state index < -0.39 is 23.7 Å². The zero-order valence-electron chi connectivity index (χ0n) is 13.8. The Balaban J connectivity index is 2.55. The summed E-state index contributed by atoms with van der Waals surface area (Å²) >= 11 is 0. The third kappa shape index (κ3) is 6.80. The number of methoxy groups -OCH3 is 1. The molecule has 1 heterocycles. The number of ether oxygens (including phenoxy) is 2. The average Bonchev–Trinajstić information content (AvgIpc) is 2.37. The number of rotatable bonds is 4. The Kier molecular flexibility index (Phi) is 6.45. The number of hydrogen-bond donors (Lipinski definition) is 1. The monoisotopic (exact) mass is 300 g/mol. The fourth-order valence-corrected chi connectivity index (χ4v) is 2.27. The topological polar surface area (TPSA) is 67.9 Å². The lowest BCUT2D eigenvalue weighted by Gasteiger charge is -2.32. The molecule has 0 aromatic carbocycles. The minimum absolute atomic E-state index is 0.445. The van der Waals surface area contributed by atoms with Crippen LogP contribution >= 0.6 is 0 Å². The molecule has 0 saturated carbocycles. The van der Waals surface area contributed by atoms with E-state index >= 15 is 0 Å². The average molecular weight is 300 g/mol. The van der Waals surface area contributed by atoms with E-state index in [2.05, 4.69) is 17.1 Å². The number of carbonyl (C=O) groups is 2. The lowest BCUT2D eigenvalue weighted by Crippen LogP contribution is -2.51. The molecule has 6 nitrogen and oxygen atoms in total. The predicted molar refractivity (Wildman–Crippen MR) is 80.0 cm³/mol. The molecule has 0 radical (unpaired) electrons. The van der Waals surface area contributed by atoms with Crippen LogP contribution in [0.2, 0.25) is 0 Å². The first-order valence-electron chi connectivity index (χ1n) is 7.51. The molecule has 1 rings (SSSR count). The highest BCUT2D eigenvalue weighted by Crippen LogP contribution is 2.16. The molecule has 122 valence electrons. The minimum atomic E-state index is -0.696. The first-order chi connectivity index (χ1) is 9.71. The Morgan fingerprint density at radius 1 is 1.29 bits per heavy atom. The lowest BCUT2D eigenvalue weighted by atomic mass is 9.99. The highest BCUT2D eigenvalue weighted by molar-refractivity contribution is 5.81. The van der Waals surface area contributed by atoms with Crippen molar-refractivity contribution < 1.29 is 19.1 Å². The van der Waals surface area contributed by atoms with Crippen molar-refractivity contribution in [3.63, 3.8) is 0 Å². The summed E-state index contributed by atoms with van der Waals surface area (Å²) < 4.78 is 9.96. The van der Waals surface area contributed by atoms with Gasteiger partial charge in [0.15, 0.2) is 0 Å². The van der Waals surface area contributed by atoms with Gasteiger partial charge in [-0.25, -0.2) is 9.59 Å². The summed E-state index contributed by atoms with van der Waals surface area (Å²) in [4.78, 5) is 25.8. The summed E-state index contributed by atoms with van der Waals surface area (Å²) in [5.74, 6) is 0.274. The van der Waals surface area contributed by atoms with Crippen LogP contribution in [0.4, 0.5) is 4.79 Å². The third-order valence-corrected chi connectivity index (χ3v) is 3.49. The number of likely N-dealkylation sites (tertiary alicyclic amines) is 1. The maximum absolute atomic E-state index is 11.8. The van der Waals surface area contributed by atoms with Gasteiger partial charge in [-0.2, -0.15) is 0 Å². The molecule has 0 spiro atoms. The van der Waals surface area contributed by atoms with Crippen LogP contribution in [0.1, 0.15) is 40.5 Å².